The summed E-state index contributed by atoms with van der Waals surface area (Å²) < 4.78 is 36.4. The maximum absolute atomic E-state index is 12.9. The fourth-order valence-electron chi connectivity index (χ4n) is 1.59. The summed E-state index contributed by atoms with van der Waals surface area (Å²) in [5.41, 5.74) is 0.496. The van der Waals surface area contributed by atoms with Crippen LogP contribution in [0.25, 0.3) is 0 Å². The molecule has 0 spiro atoms. The molecule has 2 rings (SSSR count). The predicted octanol–water partition coefficient (Wildman–Crippen LogP) is 3.29. The minimum absolute atomic E-state index is 0.108. The molecule has 0 fully saturated rings. The van der Waals surface area contributed by atoms with Gasteiger partial charge in [0.25, 0.3) is 0 Å². The van der Waals surface area contributed by atoms with Gasteiger partial charge >= 0.3 is 0 Å². The lowest BCUT2D eigenvalue weighted by Crippen LogP contribution is -2.09. The number of ether oxygens (including phenoxy) is 2. The summed E-state index contributed by atoms with van der Waals surface area (Å²) in [5, 5.41) is 8.73. The second-order valence-corrected chi connectivity index (χ2v) is 3.94. The van der Waals surface area contributed by atoms with Crippen molar-refractivity contribution in [2.24, 2.45) is 0 Å². The van der Waals surface area contributed by atoms with Crippen molar-refractivity contribution in [1.29, 1.82) is 5.26 Å². The van der Waals surface area contributed by atoms with Gasteiger partial charge in [-0.25, -0.2) is 8.78 Å². The number of nitrogens with zero attached hydrogens (tertiary/aromatic N) is 1. The lowest BCUT2D eigenvalue weighted by Gasteiger charge is -2.08. The van der Waals surface area contributed by atoms with E-state index >= 15 is 0 Å². The van der Waals surface area contributed by atoms with Crippen LogP contribution < -0.4 is 9.47 Å². The lowest BCUT2D eigenvalue weighted by molar-refractivity contribution is 0.216. The Balaban J connectivity index is 1.83. The smallest absolute Gasteiger partial charge is 0.129 e. The molecule has 102 valence electrons. The van der Waals surface area contributed by atoms with Gasteiger partial charge in [-0.3, -0.25) is 0 Å². The zero-order chi connectivity index (χ0) is 14.4. The van der Waals surface area contributed by atoms with E-state index in [2.05, 4.69) is 0 Å². The fraction of sp³-hybridized carbons (Fsp3) is 0.133. The Morgan fingerprint density at radius 2 is 1.55 bits per heavy atom. The fourth-order valence-corrected chi connectivity index (χ4v) is 1.59. The molecule has 0 aliphatic heterocycles. The molecule has 0 heterocycles. The van der Waals surface area contributed by atoms with E-state index in [9.17, 15) is 8.78 Å². The van der Waals surface area contributed by atoms with Crippen LogP contribution in [0.1, 0.15) is 5.56 Å². The minimum atomic E-state index is -0.692. The van der Waals surface area contributed by atoms with Crippen LogP contribution in [0.5, 0.6) is 11.5 Å². The Labute approximate surface area is 115 Å². The quantitative estimate of drug-likeness (QED) is 0.786. The molecule has 0 saturated heterocycles. The van der Waals surface area contributed by atoms with Crippen molar-refractivity contribution < 1.29 is 18.3 Å². The first-order chi connectivity index (χ1) is 9.67. The molecule has 20 heavy (non-hydrogen) atoms. The van der Waals surface area contributed by atoms with E-state index in [-0.39, 0.29) is 19.0 Å². The molecule has 0 unspecified atom stereocenters. The van der Waals surface area contributed by atoms with E-state index in [4.69, 9.17) is 14.7 Å². The van der Waals surface area contributed by atoms with Gasteiger partial charge in [-0.2, -0.15) is 5.26 Å². The van der Waals surface area contributed by atoms with Gasteiger partial charge < -0.3 is 9.47 Å². The van der Waals surface area contributed by atoms with Crippen LogP contribution in [0.3, 0.4) is 0 Å². The van der Waals surface area contributed by atoms with E-state index in [1.54, 1.807) is 24.3 Å². The zero-order valence-corrected chi connectivity index (χ0v) is 10.5. The standard InChI is InChI=1S/C15H11F2NO2/c16-12-7-13(17)9-15(8-12)20-5-4-19-14-3-1-2-11(6-14)10-18/h1-3,6-9H,4-5H2. The van der Waals surface area contributed by atoms with Gasteiger partial charge in [-0.1, -0.05) is 6.07 Å². The first-order valence-electron chi connectivity index (χ1n) is 5.89. The number of benzene rings is 2. The Hall–Kier alpha value is -2.61. The van der Waals surface area contributed by atoms with E-state index in [1.165, 1.54) is 0 Å². The highest BCUT2D eigenvalue weighted by molar-refractivity contribution is 5.36. The van der Waals surface area contributed by atoms with E-state index in [0.717, 1.165) is 18.2 Å². The van der Waals surface area contributed by atoms with Crippen LogP contribution in [-0.2, 0) is 0 Å². The summed E-state index contributed by atoms with van der Waals surface area (Å²) in [6.07, 6.45) is 0. The molecule has 5 heteroatoms. The first-order valence-corrected chi connectivity index (χ1v) is 5.89. The molecule has 0 radical (unpaired) electrons. The zero-order valence-electron chi connectivity index (χ0n) is 10.5. The highest BCUT2D eigenvalue weighted by Crippen LogP contribution is 2.16. The third kappa shape index (κ3) is 3.95. The van der Waals surface area contributed by atoms with Gasteiger partial charge in [0, 0.05) is 18.2 Å². The summed E-state index contributed by atoms with van der Waals surface area (Å²) in [6.45, 7) is 0.340. The number of hydrogen-bond acceptors (Lipinski definition) is 3. The maximum Gasteiger partial charge on any atom is 0.129 e. The Morgan fingerprint density at radius 3 is 2.20 bits per heavy atom. The van der Waals surface area contributed by atoms with Crippen molar-refractivity contribution in [3.05, 3.63) is 59.7 Å². The molecular weight excluding hydrogens is 264 g/mol. The Kier molecular flexibility index (Phi) is 4.51. The topological polar surface area (TPSA) is 42.2 Å². The van der Waals surface area contributed by atoms with E-state index in [0.29, 0.717) is 11.3 Å². The Morgan fingerprint density at radius 1 is 0.900 bits per heavy atom. The third-order valence-corrected chi connectivity index (χ3v) is 2.42. The van der Waals surface area contributed by atoms with Gasteiger partial charge in [0.15, 0.2) is 0 Å². The van der Waals surface area contributed by atoms with Crippen LogP contribution in [0.2, 0.25) is 0 Å². The molecule has 0 aromatic heterocycles. The first kappa shape index (κ1) is 13.8. The van der Waals surface area contributed by atoms with Crippen molar-refractivity contribution in [3.63, 3.8) is 0 Å². The van der Waals surface area contributed by atoms with Gasteiger partial charge in [0.2, 0.25) is 0 Å². The van der Waals surface area contributed by atoms with Crippen LogP contribution in [0, 0.1) is 23.0 Å². The van der Waals surface area contributed by atoms with Crippen LogP contribution >= 0.6 is 0 Å². The molecule has 0 aliphatic rings. The SMILES string of the molecule is N#Cc1cccc(OCCOc2cc(F)cc(F)c2)c1. The van der Waals surface area contributed by atoms with Gasteiger partial charge in [0.05, 0.1) is 11.6 Å². The molecule has 0 saturated carbocycles. The second-order valence-electron chi connectivity index (χ2n) is 3.94. The number of rotatable bonds is 5. The van der Waals surface area contributed by atoms with Crippen LogP contribution in [0.4, 0.5) is 8.78 Å². The van der Waals surface area contributed by atoms with Gasteiger partial charge in [-0.15, -0.1) is 0 Å². The van der Waals surface area contributed by atoms with Crippen molar-refractivity contribution in [2.75, 3.05) is 13.2 Å². The normalized spacial score (nSPS) is 9.85. The number of halogens is 2. The third-order valence-electron chi connectivity index (χ3n) is 2.42. The molecular formula is C15H11F2NO2. The van der Waals surface area contributed by atoms with E-state index < -0.39 is 11.6 Å². The molecule has 0 atom stereocenters. The Bertz CT molecular complexity index is 618. The highest BCUT2D eigenvalue weighted by Gasteiger charge is 2.02. The molecule has 2 aromatic rings. The summed E-state index contributed by atoms with van der Waals surface area (Å²) in [7, 11) is 0. The number of nitriles is 1. The van der Waals surface area contributed by atoms with Crippen molar-refractivity contribution in [3.8, 4) is 17.6 Å². The van der Waals surface area contributed by atoms with Crippen LogP contribution in [-0.4, -0.2) is 13.2 Å². The van der Waals surface area contributed by atoms with Crippen molar-refractivity contribution >= 4 is 0 Å². The average molecular weight is 275 g/mol. The molecule has 0 aliphatic carbocycles. The maximum atomic E-state index is 12.9. The summed E-state index contributed by atoms with van der Waals surface area (Å²) >= 11 is 0. The minimum Gasteiger partial charge on any atom is -0.490 e. The highest BCUT2D eigenvalue weighted by atomic mass is 19.1. The predicted molar refractivity (Wildman–Crippen MR) is 68.5 cm³/mol. The van der Waals surface area contributed by atoms with Crippen molar-refractivity contribution in [1.82, 2.24) is 0 Å². The summed E-state index contributed by atoms with van der Waals surface area (Å²) in [5.74, 6) is -0.736. The van der Waals surface area contributed by atoms with E-state index in [1.807, 2.05) is 6.07 Å². The molecule has 3 nitrogen and oxygen atoms in total. The lowest BCUT2D eigenvalue weighted by atomic mass is 10.2. The molecule has 0 amide bonds. The average Bonchev–Trinajstić information content (AvgIpc) is 2.43. The van der Waals surface area contributed by atoms with Gasteiger partial charge in [0.1, 0.15) is 36.3 Å². The molecule has 2 aromatic carbocycles. The van der Waals surface area contributed by atoms with Crippen LogP contribution in [0.15, 0.2) is 42.5 Å². The number of hydrogen-bond donors (Lipinski definition) is 0. The summed E-state index contributed by atoms with van der Waals surface area (Å²) in [4.78, 5) is 0. The molecule has 0 N–H and O–H groups in total. The monoisotopic (exact) mass is 275 g/mol. The molecule has 0 bridgehead atoms. The second kappa shape index (κ2) is 6.53. The largest absolute Gasteiger partial charge is 0.490 e. The van der Waals surface area contributed by atoms with Crippen molar-refractivity contribution in [2.45, 2.75) is 0 Å². The van der Waals surface area contributed by atoms with Gasteiger partial charge in [-0.05, 0) is 18.2 Å². The summed E-state index contributed by atoms with van der Waals surface area (Å²) in [6, 6.07) is 11.6.